The maximum absolute atomic E-state index is 12.6. The fraction of sp³-hybridized carbons (Fsp3) is 0.533. The van der Waals surface area contributed by atoms with Crippen LogP contribution in [0.25, 0.3) is 0 Å². The van der Waals surface area contributed by atoms with Crippen LogP contribution in [0.5, 0.6) is 0 Å². The Morgan fingerprint density at radius 2 is 2.00 bits per heavy atom. The number of hydrogen-bond donors (Lipinski definition) is 1. The Morgan fingerprint density at radius 1 is 1.33 bits per heavy atom. The number of nitrogens with two attached hydrogens (primary N) is 1. The molecule has 0 atom stereocenters. The van der Waals surface area contributed by atoms with Crippen LogP contribution in [0, 0.1) is 13.8 Å². The van der Waals surface area contributed by atoms with Crippen LogP contribution in [-0.4, -0.2) is 29.9 Å². The Balaban J connectivity index is 2.98. The van der Waals surface area contributed by atoms with Gasteiger partial charge in [0, 0.05) is 18.2 Å². The summed E-state index contributed by atoms with van der Waals surface area (Å²) in [6.45, 7) is 9.41. The molecule has 1 aromatic rings. The zero-order valence-corrected chi connectivity index (χ0v) is 11.9. The third-order valence-corrected chi connectivity index (χ3v) is 3.11. The van der Waals surface area contributed by atoms with Gasteiger partial charge < -0.3 is 10.6 Å². The average Bonchev–Trinajstić information content (AvgIpc) is 2.32. The van der Waals surface area contributed by atoms with E-state index in [1.807, 2.05) is 50.8 Å². The summed E-state index contributed by atoms with van der Waals surface area (Å²) in [6, 6.07) is 6.20. The molecule has 0 saturated heterocycles. The number of benzene rings is 1. The summed E-state index contributed by atoms with van der Waals surface area (Å²) in [5, 5.41) is 0. The second kappa shape index (κ2) is 6.55. The summed E-state index contributed by atoms with van der Waals surface area (Å²) in [4.78, 5) is 14.4. The molecule has 0 aliphatic rings. The van der Waals surface area contributed by atoms with Gasteiger partial charge >= 0.3 is 0 Å². The molecule has 0 spiro atoms. The SMILES string of the molecule is Cc1ccc(C)c(C(=O)N(CCCN)C(C)C)c1. The normalized spacial score (nSPS) is 10.8. The Bertz CT molecular complexity index is 413. The molecule has 100 valence electrons. The van der Waals surface area contributed by atoms with Gasteiger partial charge in [0.1, 0.15) is 0 Å². The standard InChI is InChI=1S/C15H24N2O/c1-11(2)17(9-5-8-16)15(18)14-10-12(3)6-7-13(14)4/h6-7,10-11H,5,8-9,16H2,1-4H3. The van der Waals surface area contributed by atoms with Crippen LogP contribution in [0.4, 0.5) is 0 Å². The van der Waals surface area contributed by atoms with Gasteiger partial charge in [-0.2, -0.15) is 0 Å². The lowest BCUT2D eigenvalue weighted by molar-refractivity contribution is 0.0704. The highest BCUT2D eigenvalue weighted by molar-refractivity contribution is 5.96. The van der Waals surface area contributed by atoms with E-state index in [0.29, 0.717) is 6.54 Å². The number of carbonyl (C=O) groups excluding carboxylic acids is 1. The first kappa shape index (κ1) is 14.7. The number of amides is 1. The second-order valence-electron chi connectivity index (χ2n) is 5.05. The van der Waals surface area contributed by atoms with Crippen molar-refractivity contribution in [3.05, 3.63) is 34.9 Å². The molecule has 1 aromatic carbocycles. The minimum atomic E-state index is 0.111. The van der Waals surface area contributed by atoms with Gasteiger partial charge in [-0.1, -0.05) is 17.7 Å². The summed E-state index contributed by atoms with van der Waals surface area (Å²) in [5.74, 6) is 0.111. The molecule has 0 bridgehead atoms. The van der Waals surface area contributed by atoms with Gasteiger partial charge in [-0.15, -0.1) is 0 Å². The molecule has 0 radical (unpaired) electrons. The van der Waals surface area contributed by atoms with E-state index in [4.69, 9.17) is 5.73 Å². The summed E-state index contributed by atoms with van der Waals surface area (Å²) in [5.41, 5.74) is 8.49. The second-order valence-corrected chi connectivity index (χ2v) is 5.05. The van der Waals surface area contributed by atoms with Gasteiger partial charge in [0.2, 0.25) is 0 Å². The molecular formula is C15H24N2O. The number of carbonyl (C=O) groups is 1. The molecule has 0 unspecified atom stereocenters. The van der Waals surface area contributed by atoms with Crippen LogP contribution in [0.15, 0.2) is 18.2 Å². The van der Waals surface area contributed by atoms with E-state index in [0.717, 1.165) is 29.7 Å². The minimum absolute atomic E-state index is 0.111. The van der Waals surface area contributed by atoms with E-state index < -0.39 is 0 Å². The van der Waals surface area contributed by atoms with Crippen LogP contribution in [0.2, 0.25) is 0 Å². The molecule has 0 fully saturated rings. The van der Waals surface area contributed by atoms with Gasteiger partial charge in [-0.05, 0) is 52.3 Å². The molecule has 3 nitrogen and oxygen atoms in total. The highest BCUT2D eigenvalue weighted by Gasteiger charge is 2.19. The molecular weight excluding hydrogens is 224 g/mol. The van der Waals surface area contributed by atoms with Gasteiger partial charge in [0.05, 0.1) is 0 Å². The van der Waals surface area contributed by atoms with E-state index in [1.165, 1.54) is 0 Å². The van der Waals surface area contributed by atoms with Crippen LogP contribution in [0.1, 0.15) is 41.8 Å². The van der Waals surface area contributed by atoms with Crippen molar-refractivity contribution in [3.63, 3.8) is 0 Å². The zero-order valence-electron chi connectivity index (χ0n) is 11.9. The molecule has 0 aliphatic carbocycles. The molecule has 18 heavy (non-hydrogen) atoms. The first-order valence-corrected chi connectivity index (χ1v) is 6.55. The first-order valence-electron chi connectivity index (χ1n) is 6.55. The van der Waals surface area contributed by atoms with E-state index in [-0.39, 0.29) is 11.9 Å². The lowest BCUT2D eigenvalue weighted by Crippen LogP contribution is -2.38. The van der Waals surface area contributed by atoms with Crippen molar-refractivity contribution >= 4 is 5.91 Å². The third kappa shape index (κ3) is 3.57. The van der Waals surface area contributed by atoms with Gasteiger partial charge in [0.25, 0.3) is 5.91 Å². The maximum Gasteiger partial charge on any atom is 0.254 e. The molecule has 2 N–H and O–H groups in total. The van der Waals surface area contributed by atoms with Crippen LogP contribution >= 0.6 is 0 Å². The lowest BCUT2D eigenvalue weighted by Gasteiger charge is -2.27. The van der Waals surface area contributed by atoms with Crippen molar-refractivity contribution in [1.29, 1.82) is 0 Å². The fourth-order valence-corrected chi connectivity index (χ4v) is 1.98. The van der Waals surface area contributed by atoms with Crippen molar-refractivity contribution in [2.24, 2.45) is 5.73 Å². The largest absolute Gasteiger partial charge is 0.336 e. The Kier molecular flexibility index (Phi) is 5.35. The smallest absolute Gasteiger partial charge is 0.254 e. The molecule has 0 heterocycles. The van der Waals surface area contributed by atoms with Crippen molar-refractivity contribution in [3.8, 4) is 0 Å². The predicted octanol–water partition coefficient (Wildman–Crippen LogP) is 2.50. The Morgan fingerprint density at radius 3 is 2.56 bits per heavy atom. The van der Waals surface area contributed by atoms with Gasteiger partial charge in [-0.3, -0.25) is 4.79 Å². The Labute approximate surface area is 110 Å². The monoisotopic (exact) mass is 248 g/mol. The van der Waals surface area contributed by atoms with Crippen LogP contribution < -0.4 is 5.73 Å². The highest BCUT2D eigenvalue weighted by Crippen LogP contribution is 2.15. The predicted molar refractivity (Wildman–Crippen MR) is 75.8 cm³/mol. The van der Waals surface area contributed by atoms with Crippen molar-refractivity contribution < 1.29 is 4.79 Å². The quantitative estimate of drug-likeness (QED) is 0.870. The number of aryl methyl sites for hydroxylation is 2. The molecule has 1 amide bonds. The van der Waals surface area contributed by atoms with Crippen molar-refractivity contribution in [2.75, 3.05) is 13.1 Å². The number of rotatable bonds is 5. The maximum atomic E-state index is 12.6. The molecule has 0 aliphatic heterocycles. The number of hydrogen-bond acceptors (Lipinski definition) is 2. The lowest BCUT2D eigenvalue weighted by atomic mass is 10.0. The van der Waals surface area contributed by atoms with E-state index >= 15 is 0 Å². The van der Waals surface area contributed by atoms with Crippen molar-refractivity contribution in [2.45, 2.75) is 40.2 Å². The van der Waals surface area contributed by atoms with Crippen LogP contribution in [-0.2, 0) is 0 Å². The van der Waals surface area contributed by atoms with Crippen LogP contribution in [0.3, 0.4) is 0 Å². The number of nitrogens with zero attached hydrogens (tertiary/aromatic N) is 1. The van der Waals surface area contributed by atoms with Gasteiger partial charge in [-0.25, -0.2) is 0 Å². The molecule has 0 aromatic heterocycles. The molecule has 1 rings (SSSR count). The van der Waals surface area contributed by atoms with E-state index in [9.17, 15) is 4.79 Å². The summed E-state index contributed by atoms with van der Waals surface area (Å²) in [6.07, 6.45) is 0.842. The minimum Gasteiger partial charge on any atom is -0.336 e. The zero-order chi connectivity index (χ0) is 13.7. The van der Waals surface area contributed by atoms with E-state index in [2.05, 4.69) is 0 Å². The Hall–Kier alpha value is -1.35. The van der Waals surface area contributed by atoms with Crippen molar-refractivity contribution in [1.82, 2.24) is 4.90 Å². The molecule has 3 heteroatoms. The highest BCUT2D eigenvalue weighted by atomic mass is 16.2. The van der Waals surface area contributed by atoms with Gasteiger partial charge in [0.15, 0.2) is 0 Å². The third-order valence-electron chi connectivity index (χ3n) is 3.11. The van der Waals surface area contributed by atoms with E-state index in [1.54, 1.807) is 0 Å². The average molecular weight is 248 g/mol. The summed E-state index contributed by atoms with van der Waals surface area (Å²) < 4.78 is 0. The summed E-state index contributed by atoms with van der Waals surface area (Å²) in [7, 11) is 0. The summed E-state index contributed by atoms with van der Waals surface area (Å²) >= 11 is 0. The topological polar surface area (TPSA) is 46.3 Å². The fourth-order valence-electron chi connectivity index (χ4n) is 1.98. The molecule has 0 saturated carbocycles. The first-order chi connectivity index (χ1) is 8.47.